The molecular weight excluding hydrogens is 461 g/mol. The Morgan fingerprint density at radius 3 is 2.21 bits per heavy atom. The van der Waals surface area contributed by atoms with Crippen molar-refractivity contribution in [2.45, 2.75) is 45.8 Å². The third-order valence-corrected chi connectivity index (χ3v) is 6.09. The number of para-hydroxylation sites is 2. The normalized spacial score (nSPS) is 12.6. The minimum Gasteiger partial charge on any atom is -0.495 e. The van der Waals surface area contributed by atoms with E-state index in [4.69, 9.17) is 4.74 Å². The molecule has 0 fully saturated rings. The first-order valence-electron chi connectivity index (χ1n) is 10.7. The molecule has 0 spiro atoms. The first-order chi connectivity index (χ1) is 15.7. The van der Waals surface area contributed by atoms with Crippen molar-refractivity contribution in [2.24, 2.45) is 0 Å². The van der Waals surface area contributed by atoms with E-state index in [0.717, 1.165) is 10.6 Å². The van der Waals surface area contributed by atoms with Crippen LogP contribution < -0.4 is 14.4 Å². The summed E-state index contributed by atoms with van der Waals surface area (Å²) in [6.45, 7) is 6.45. The fraction of sp³-hybridized carbons (Fsp3) is 0.417. The van der Waals surface area contributed by atoms with Gasteiger partial charge in [-0.15, -0.1) is 0 Å². The minimum absolute atomic E-state index is 0.0125. The lowest BCUT2D eigenvalue weighted by molar-refractivity contribution is -0.140. The van der Waals surface area contributed by atoms with E-state index in [9.17, 15) is 22.4 Å². The number of carbonyl (C=O) groups is 2. The van der Waals surface area contributed by atoms with Gasteiger partial charge in [-0.25, -0.2) is 12.8 Å². The number of sulfonamides is 1. The zero-order valence-electron chi connectivity index (χ0n) is 20.3. The summed E-state index contributed by atoms with van der Waals surface area (Å²) in [5.74, 6) is -1.15. The van der Waals surface area contributed by atoms with Crippen LogP contribution in [0, 0.1) is 5.82 Å². The number of carbonyl (C=O) groups excluding carboxylic acids is 2. The fourth-order valence-electron chi connectivity index (χ4n) is 3.27. The van der Waals surface area contributed by atoms with Crippen molar-refractivity contribution in [2.75, 3.05) is 24.2 Å². The molecule has 0 aliphatic carbocycles. The number of nitrogens with one attached hydrogen (secondary N) is 1. The summed E-state index contributed by atoms with van der Waals surface area (Å²) in [7, 11) is -2.47. The Labute approximate surface area is 200 Å². The first kappa shape index (κ1) is 27.1. The van der Waals surface area contributed by atoms with Crippen molar-refractivity contribution in [1.82, 2.24) is 10.2 Å². The average Bonchev–Trinajstić information content (AvgIpc) is 2.74. The lowest BCUT2D eigenvalue weighted by Crippen LogP contribution is -2.54. The molecule has 0 saturated carbocycles. The maximum absolute atomic E-state index is 13.5. The molecule has 0 aliphatic heterocycles. The molecule has 2 aromatic carbocycles. The van der Waals surface area contributed by atoms with Gasteiger partial charge in [0.05, 0.1) is 19.1 Å². The lowest BCUT2D eigenvalue weighted by Gasteiger charge is -2.33. The van der Waals surface area contributed by atoms with Gasteiger partial charge in [0.25, 0.3) is 0 Å². The summed E-state index contributed by atoms with van der Waals surface area (Å²) in [4.78, 5) is 27.6. The smallest absolute Gasteiger partial charge is 0.244 e. The largest absolute Gasteiger partial charge is 0.495 e. The summed E-state index contributed by atoms with van der Waals surface area (Å²) in [6, 6.07) is 11.1. The van der Waals surface area contributed by atoms with Gasteiger partial charge in [-0.2, -0.15) is 0 Å². The number of methoxy groups -OCH3 is 1. The van der Waals surface area contributed by atoms with Gasteiger partial charge in [-0.1, -0.05) is 24.3 Å². The number of ether oxygens (including phenoxy) is 1. The van der Waals surface area contributed by atoms with E-state index in [1.54, 1.807) is 25.1 Å². The van der Waals surface area contributed by atoms with Gasteiger partial charge in [-0.3, -0.25) is 13.9 Å². The zero-order valence-corrected chi connectivity index (χ0v) is 21.1. The molecule has 34 heavy (non-hydrogen) atoms. The summed E-state index contributed by atoms with van der Waals surface area (Å²) < 4.78 is 44.9. The third kappa shape index (κ3) is 7.44. The molecule has 0 aliphatic rings. The van der Waals surface area contributed by atoms with Gasteiger partial charge in [0.2, 0.25) is 21.8 Å². The Morgan fingerprint density at radius 1 is 1.09 bits per heavy atom. The van der Waals surface area contributed by atoms with E-state index in [-0.39, 0.29) is 18.0 Å². The fourth-order valence-corrected chi connectivity index (χ4v) is 4.13. The number of hydrogen-bond acceptors (Lipinski definition) is 5. The summed E-state index contributed by atoms with van der Waals surface area (Å²) >= 11 is 0. The highest BCUT2D eigenvalue weighted by Crippen LogP contribution is 2.29. The standard InChI is InChI=1S/C24H32FN3O5S/c1-17(23(30)26-24(2,3)4)27(15-18-11-13-19(25)14-12-18)22(29)16-28(34(6,31)32)20-9-7-8-10-21(20)33-5/h7-14,17H,15-16H2,1-6H3,(H,26,30)/t17-/m1/s1. The second kappa shape index (κ2) is 10.9. The van der Waals surface area contributed by atoms with Crippen molar-refractivity contribution in [1.29, 1.82) is 0 Å². The van der Waals surface area contributed by atoms with E-state index >= 15 is 0 Å². The van der Waals surface area contributed by atoms with Crippen LogP contribution in [0.3, 0.4) is 0 Å². The van der Waals surface area contributed by atoms with Crippen molar-refractivity contribution in [3.8, 4) is 5.75 Å². The topological polar surface area (TPSA) is 96.0 Å². The molecule has 0 radical (unpaired) electrons. The van der Waals surface area contributed by atoms with Crippen molar-refractivity contribution in [3.63, 3.8) is 0 Å². The van der Waals surface area contributed by atoms with E-state index in [1.165, 1.54) is 42.3 Å². The van der Waals surface area contributed by atoms with Gasteiger partial charge in [-0.05, 0) is 57.5 Å². The van der Waals surface area contributed by atoms with Gasteiger partial charge < -0.3 is 15.0 Å². The predicted molar refractivity (Wildman–Crippen MR) is 129 cm³/mol. The lowest BCUT2D eigenvalue weighted by atomic mass is 10.1. The van der Waals surface area contributed by atoms with Crippen LogP contribution in [-0.2, 0) is 26.2 Å². The molecule has 0 unspecified atom stereocenters. The monoisotopic (exact) mass is 493 g/mol. The van der Waals surface area contributed by atoms with Crippen LogP contribution >= 0.6 is 0 Å². The highest BCUT2D eigenvalue weighted by Gasteiger charge is 2.32. The van der Waals surface area contributed by atoms with E-state index < -0.39 is 45.8 Å². The molecule has 186 valence electrons. The molecule has 0 saturated heterocycles. The number of hydrogen-bond donors (Lipinski definition) is 1. The molecule has 0 bridgehead atoms. The number of amides is 2. The van der Waals surface area contributed by atoms with Crippen molar-refractivity contribution in [3.05, 3.63) is 59.9 Å². The highest BCUT2D eigenvalue weighted by atomic mass is 32.2. The van der Waals surface area contributed by atoms with Gasteiger partial charge in [0, 0.05) is 12.1 Å². The van der Waals surface area contributed by atoms with Gasteiger partial charge in [0.15, 0.2) is 0 Å². The first-order valence-corrected chi connectivity index (χ1v) is 12.5. The second-order valence-corrected chi connectivity index (χ2v) is 10.9. The van der Waals surface area contributed by atoms with Crippen molar-refractivity contribution >= 4 is 27.5 Å². The van der Waals surface area contributed by atoms with Gasteiger partial charge in [0.1, 0.15) is 24.2 Å². The van der Waals surface area contributed by atoms with Crippen LogP contribution in [0.5, 0.6) is 5.75 Å². The van der Waals surface area contributed by atoms with Crippen LogP contribution in [0.4, 0.5) is 10.1 Å². The minimum atomic E-state index is -3.88. The van der Waals surface area contributed by atoms with Crippen LogP contribution in [0.15, 0.2) is 48.5 Å². The molecule has 0 heterocycles. The molecule has 8 nitrogen and oxygen atoms in total. The average molecular weight is 494 g/mol. The Kier molecular flexibility index (Phi) is 8.66. The molecule has 2 amide bonds. The van der Waals surface area contributed by atoms with Crippen LogP contribution in [0.1, 0.15) is 33.3 Å². The van der Waals surface area contributed by atoms with E-state index in [1.807, 2.05) is 20.8 Å². The Balaban J connectivity index is 2.43. The summed E-state index contributed by atoms with van der Waals surface area (Å²) in [5, 5.41) is 2.84. The molecule has 10 heteroatoms. The Morgan fingerprint density at radius 2 is 1.68 bits per heavy atom. The summed E-state index contributed by atoms with van der Waals surface area (Å²) in [6.07, 6.45) is 0.993. The summed E-state index contributed by atoms with van der Waals surface area (Å²) in [5.41, 5.74) is 0.259. The molecular formula is C24H32FN3O5S. The highest BCUT2D eigenvalue weighted by molar-refractivity contribution is 7.92. The Hall–Kier alpha value is -3.14. The van der Waals surface area contributed by atoms with Crippen molar-refractivity contribution < 1.29 is 27.1 Å². The molecule has 1 N–H and O–H groups in total. The predicted octanol–water partition coefficient (Wildman–Crippen LogP) is 2.93. The maximum atomic E-state index is 13.5. The Bertz CT molecular complexity index is 1110. The molecule has 0 aromatic heterocycles. The SMILES string of the molecule is COc1ccccc1N(CC(=O)N(Cc1ccc(F)cc1)[C@H](C)C(=O)NC(C)(C)C)S(C)(=O)=O. The number of halogens is 1. The maximum Gasteiger partial charge on any atom is 0.244 e. The molecule has 2 rings (SSSR count). The number of benzene rings is 2. The number of rotatable bonds is 9. The van der Waals surface area contributed by atoms with Crippen LogP contribution in [0.25, 0.3) is 0 Å². The number of nitrogens with zero attached hydrogens (tertiary/aromatic N) is 2. The second-order valence-electron chi connectivity index (χ2n) is 9.00. The number of anilines is 1. The molecule has 1 atom stereocenters. The quantitative estimate of drug-likeness (QED) is 0.580. The van der Waals surface area contributed by atoms with E-state index in [0.29, 0.717) is 5.56 Å². The van der Waals surface area contributed by atoms with E-state index in [2.05, 4.69) is 5.32 Å². The third-order valence-electron chi connectivity index (χ3n) is 4.96. The van der Waals surface area contributed by atoms with Crippen LogP contribution in [-0.4, -0.2) is 56.6 Å². The van der Waals surface area contributed by atoms with Crippen LogP contribution in [0.2, 0.25) is 0 Å². The zero-order chi connectivity index (χ0) is 25.7. The van der Waals surface area contributed by atoms with Gasteiger partial charge >= 0.3 is 0 Å². The molecule has 2 aromatic rings.